The van der Waals surface area contributed by atoms with Crippen molar-refractivity contribution in [1.29, 1.82) is 0 Å². The zero-order valence-electron chi connectivity index (χ0n) is 13.1. The lowest BCUT2D eigenvalue weighted by Crippen LogP contribution is -2.32. The minimum Gasteiger partial charge on any atom is -0.343 e. The van der Waals surface area contributed by atoms with E-state index < -0.39 is 0 Å². The molecule has 0 atom stereocenters. The number of nitrogens with two attached hydrogens (primary N) is 1. The number of carbonyl (C=O) groups is 1. The maximum absolute atomic E-state index is 12.0. The Kier molecular flexibility index (Phi) is 5.43. The van der Waals surface area contributed by atoms with Crippen molar-refractivity contribution >= 4 is 17.7 Å². The van der Waals surface area contributed by atoms with Crippen LogP contribution in [0.4, 0.5) is 0 Å². The van der Waals surface area contributed by atoms with Crippen molar-refractivity contribution in [3.63, 3.8) is 0 Å². The molecule has 0 aliphatic carbocycles. The topological polar surface area (TPSA) is 77.0 Å². The molecule has 6 nitrogen and oxygen atoms in total. The summed E-state index contributed by atoms with van der Waals surface area (Å²) in [5.74, 6) is 7.03. The molecule has 0 fully saturated rings. The molecule has 0 radical (unpaired) electrons. The first-order valence-electron chi connectivity index (χ1n) is 7.24. The van der Waals surface area contributed by atoms with Gasteiger partial charge in [-0.15, -0.1) is 10.2 Å². The molecule has 118 valence electrons. The Hall–Kier alpha value is -2.02. The number of amides is 1. The summed E-state index contributed by atoms with van der Waals surface area (Å²) in [4.78, 5) is 13.8. The number of aromatic nitrogens is 3. The monoisotopic (exact) mass is 319 g/mol. The standard InChI is InChI=1S/C15H21N5OS/c1-4-19(5-2)13(21)10-22-15-18-17-14(20(15)16)12-8-6-11(3)7-9-12/h6-9H,4-5,10,16H2,1-3H3. The number of aryl methyl sites for hydroxylation is 1. The van der Waals surface area contributed by atoms with Crippen LogP contribution in [-0.2, 0) is 4.79 Å². The van der Waals surface area contributed by atoms with Gasteiger partial charge in [-0.25, -0.2) is 4.68 Å². The molecular weight excluding hydrogens is 298 g/mol. The third-order valence-electron chi connectivity index (χ3n) is 3.42. The van der Waals surface area contributed by atoms with Gasteiger partial charge in [0.05, 0.1) is 5.75 Å². The molecule has 7 heteroatoms. The van der Waals surface area contributed by atoms with Crippen LogP contribution in [0.5, 0.6) is 0 Å². The molecule has 1 aromatic heterocycles. The SMILES string of the molecule is CCN(CC)C(=O)CSc1nnc(-c2ccc(C)cc2)n1N. The summed E-state index contributed by atoms with van der Waals surface area (Å²) < 4.78 is 1.44. The summed E-state index contributed by atoms with van der Waals surface area (Å²) in [6.07, 6.45) is 0. The van der Waals surface area contributed by atoms with Crippen LogP contribution in [-0.4, -0.2) is 44.5 Å². The fourth-order valence-electron chi connectivity index (χ4n) is 2.07. The van der Waals surface area contributed by atoms with Crippen LogP contribution >= 0.6 is 11.8 Å². The highest BCUT2D eigenvalue weighted by Crippen LogP contribution is 2.22. The lowest BCUT2D eigenvalue weighted by Gasteiger charge is -2.17. The summed E-state index contributed by atoms with van der Waals surface area (Å²) in [7, 11) is 0. The molecule has 22 heavy (non-hydrogen) atoms. The van der Waals surface area contributed by atoms with Crippen LogP contribution in [0.25, 0.3) is 11.4 Å². The van der Waals surface area contributed by atoms with Crippen LogP contribution in [0.1, 0.15) is 19.4 Å². The van der Waals surface area contributed by atoms with E-state index in [1.54, 1.807) is 4.90 Å². The first-order valence-corrected chi connectivity index (χ1v) is 8.23. The van der Waals surface area contributed by atoms with Crippen molar-refractivity contribution in [3.8, 4) is 11.4 Å². The van der Waals surface area contributed by atoms with Crippen molar-refractivity contribution in [2.75, 3.05) is 24.7 Å². The molecule has 1 heterocycles. The van der Waals surface area contributed by atoms with E-state index >= 15 is 0 Å². The number of nitrogen functional groups attached to an aromatic ring is 1. The largest absolute Gasteiger partial charge is 0.343 e. The van der Waals surface area contributed by atoms with Crippen LogP contribution in [0.3, 0.4) is 0 Å². The Morgan fingerprint density at radius 2 is 1.86 bits per heavy atom. The van der Waals surface area contributed by atoms with Gasteiger partial charge in [-0.2, -0.15) is 0 Å². The van der Waals surface area contributed by atoms with Crippen molar-refractivity contribution in [2.45, 2.75) is 25.9 Å². The normalized spacial score (nSPS) is 10.7. The Labute approximate surface area is 134 Å². The van der Waals surface area contributed by atoms with Gasteiger partial charge in [-0.1, -0.05) is 41.6 Å². The quantitative estimate of drug-likeness (QED) is 0.650. The first kappa shape index (κ1) is 16.4. The number of benzene rings is 1. The Morgan fingerprint density at radius 3 is 2.45 bits per heavy atom. The van der Waals surface area contributed by atoms with Crippen molar-refractivity contribution in [3.05, 3.63) is 29.8 Å². The van der Waals surface area contributed by atoms with Crippen molar-refractivity contribution < 1.29 is 4.79 Å². The zero-order chi connectivity index (χ0) is 16.1. The third-order valence-corrected chi connectivity index (χ3v) is 4.34. The van der Waals surface area contributed by atoms with Gasteiger partial charge < -0.3 is 10.7 Å². The summed E-state index contributed by atoms with van der Waals surface area (Å²) in [5.41, 5.74) is 2.08. The zero-order valence-corrected chi connectivity index (χ0v) is 13.9. The van der Waals surface area contributed by atoms with E-state index in [4.69, 9.17) is 5.84 Å². The first-order chi connectivity index (χ1) is 10.6. The highest BCUT2D eigenvalue weighted by molar-refractivity contribution is 7.99. The third kappa shape index (κ3) is 3.59. The van der Waals surface area contributed by atoms with E-state index in [2.05, 4.69) is 10.2 Å². The van der Waals surface area contributed by atoms with Crippen LogP contribution in [0, 0.1) is 6.92 Å². The summed E-state index contributed by atoms with van der Waals surface area (Å²) in [5, 5.41) is 8.74. The molecule has 0 aliphatic heterocycles. The van der Waals surface area contributed by atoms with Gasteiger partial charge in [0, 0.05) is 18.7 Å². The van der Waals surface area contributed by atoms with Gasteiger partial charge in [-0.05, 0) is 20.8 Å². The molecular formula is C15H21N5OS. The molecule has 0 spiro atoms. The van der Waals surface area contributed by atoms with Crippen LogP contribution < -0.4 is 5.84 Å². The van der Waals surface area contributed by atoms with Gasteiger partial charge in [0.15, 0.2) is 5.82 Å². The maximum Gasteiger partial charge on any atom is 0.233 e. The lowest BCUT2D eigenvalue weighted by molar-refractivity contribution is -0.127. The Morgan fingerprint density at radius 1 is 1.23 bits per heavy atom. The summed E-state index contributed by atoms with van der Waals surface area (Å²) in [6.45, 7) is 7.37. The number of rotatable bonds is 6. The van der Waals surface area contributed by atoms with E-state index in [9.17, 15) is 4.79 Å². The predicted molar refractivity (Wildman–Crippen MR) is 89.0 cm³/mol. The minimum atomic E-state index is 0.0786. The van der Waals surface area contributed by atoms with Gasteiger partial charge in [0.1, 0.15) is 0 Å². The molecule has 0 unspecified atom stereocenters. The molecule has 0 bridgehead atoms. The fourth-order valence-corrected chi connectivity index (χ4v) is 2.83. The summed E-state index contributed by atoms with van der Waals surface area (Å²) >= 11 is 1.31. The van der Waals surface area contributed by atoms with Crippen LogP contribution in [0.15, 0.2) is 29.4 Å². The highest BCUT2D eigenvalue weighted by Gasteiger charge is 2.15. The number of carbonyl (C=O) groups excluding carboxylic acids is 1. The van der Waals surface area contributed by atoms with E-state index in [0.717, 1.165) is 5.56 Å². The van der Waals surface area contributed by atoms with E-state index in [0.29, 0.717) is 29.8 Å². The maximum atomic E-state index is 12.0. The van der Waals surface area contributed by atoms with E-state index in [1.165, 1.54) is 22.0 Å². The minimum absolute atomic E-state index is 0.0786. The molecule has 1 amide bonds. The average Bonchev–Trinajstić information content (AvgIpc) is 2.88. The molecule has 0 saturated heterocycles. The fraction of sp³-hybridized carbons (Fsp3) is 0.400. The molecule has 2 N–H and O–H groups in total. The number of hydrogen-bond acceptors (Lipinski definition) is 5. The van der Waals surface area contributed by atoms with E-state index in [-0.39, 0.29) is 5.91 Å². The molecule has 0 aliphatic rings. The highest BCUT2D eigenvalue weighted by atomic mass is 32.2. The van der Waals surface area contributed by atoms with Crippen LogP contribution in [0.2, 0.25) is 0 Å². The Bertz CT molecular complexity index is 634. The second kappa shape index (κ2) is 7.31. The molecule has 1 aromatic carbocycles. The van der Waals surface area contributed by atoms with Gasteiger partial charge in [0.25, 0.3) is 0 Å². The van der Waals surface area contributed by atoms with Gasteiger partial charge in [0.2, 0.25) is 11.1 Å². The number of hydrogen-bond donors (Lipinski definition) is 1. The molecule has 2 aromatic rings. The lowest BCUT2D eigenvalue weighted by atomic mass is 10.1. The average molecular weight is 319 g/mol. The van der Waals surface area contributed by atoms with E-state index in [1.807, 2.05) is 45.0 Å². The molecule has 2 rings (SSSR count). The predicted octanol–water partition coefficient (Wildman–Crippen LogP) is 1.93. The Balaban J connectivity index is 2.08. The van der Waals surface area contributed by atoms with Crippen molar-refractivity contribution in [1.82, 2.24) is 19.8 Å². The molecule has 0 saturated carbocycles. The smallest absolute Gasteiger partial charge is 0.233 e. The number of thioether (sulfide) groups is 1. The summed E-state index contributed by atoms with van der Waals surface area (Å²) in [6, 6.07) is 7.91. The van der Waals surface area contributed by atoms with Crippen molar-refractivity contribution in [2.24, 2.45) is 0 Å². The van der Waals surface area contributed by atoms with Gasteiger partial charge >= 0.3 is 0 Å². The number of nitrogens with zero attached hydrogens (tertiary/aromatic N) is 4. The second-order valence-electron chi connectivity index (χ2n) is 4.90. The second-order valence-corrected chi connectivity index (χ2v) is 5.84. The van der Waals surface area contributed by atoms with Gasteiger partial charge in [-0.3, -0.25) is 4.79 Å².